The van der Waals surface area contributed by atoms with E-state index in [0.717, 1.165) is 52.0 Å². The van der Waals surface area contributed by atoms with Crippen molar-refractivity contribution in [3.63, 3.8) is 0 Å². The molecular weight excluding hydrogens is 432 g/mol. The Morgan fingerprint density at radius 3 is 2.75 bits per heavy atom. The van der Waals surface area contributed by atoms with E-state index in [0.29, 0.717) is 19.1 Å². The lowest BCUT2D eigenvalue weighted by Gasteiger charge is -2.47. The van der Waals surface area contributed by atoms with Gasteiger partial charge in [0.2, 0.25) is 5.91 Å². The summed E-state index contributed by atoms with van der Waals surface area (Å²) in [5.41, 5.74) is 9.45. The molecule has 0 saturated carbocycles. The number of alkyl halides is 1. The lowest BCUT2D eigenvalue weighted by molar-refractivity contribution is -0.128. The van der Waals surface area contributed by atoms with Gasteiger partial charge in [-0.3, -0.25) is 15.0 Å². The SMILES string of the molecule is COC1(CN(C)C)CCN(C2CCNCC2NC(=O)C2C(N)NN3CC(Cl)CNC23)CC1. The number of hydrogen-bond acceptors (Lipinski definition) is 9. The molecule has 4 saturated heterocycles. The van der Waals surface area contributed by atoms with Crippen LogP contribution in [0, 0.1) is 5.92 Å². The summed E-state index contributed by atoms with van der Waals surface area (Å²) < 4.78 is 5.96. The molecule has 4 rings (SSSR count). The Morgan fingerprint density at radius 2 is 2.06 bits per heavy atom. The van der Waals surface area contributed by atoms with Gasteiger partial charge in [0, 0.05) is 52.4 Å². The van der Waals surface area contributed by atoms with Crippen LogP contribution in [0.15, 0.2) is 0 Å². The van der Waals surface area contributed by atoms with Crippen LogP contribution in [-0.4, -0.2) is 123 Å². The molecule has 11 heteroatoms. The minimum absolute atomic E-state index is 0.00510. The zero-order valence-electron chi connectivity index (χ0n) is 19.6. The largest absolute Gasteiger partial charge is 0.377 e. The highest BCUT2D eigenvalue weighted by Gasteiger charge is 2.48. The lowest BCUT2D eigenvalue weighted by Crippen LogP contribution is -2.64. The summed E-state index contributed by atoms with van der Waals surface area (Å²) in [5, 5.41) is 12.2. The Labute approximate surface area is 196 Å². The van der Waals surface area contributed by atoms with Crippen molar-refractivity contribution in [2.45, 2.75) is 54.7 Å². The predicted octanol–water partition coefficient (Wildman–Crippen LogP) is -1.87. The number of hydrogen-bond donors (Lipinski definition) is 5. The standard InChI is InChI=1S/C21H41ClN8O2/c1-28(2)13-21(32-3)5-8-29(9-6-21)16-4-7-24-11-15(16)26-20(31)17-18(23)27-30-12-14(22)10-25-19(17)30/h14-19,24-25,27H,4-13,23H2,1-3H3,(H,26,31). The van der Waals surface area contributed by atoms with Crippen molar-refractivity contribution in [3.8, 4) is 0 Å². The number of rotatable bonds is 6. The van der Waals surface area contributed by atoms with E-state index in [1.807, 2.05) is 12.1 Å². The molecule has 0 bridgehead atoms. The highest BCUT2D eigenvalue weighted by Crippen LogP contribution is 2.29. The van der Waals surface area contributed by atoms with E-state index in [1.54, 1.807) is 0 Å². The first-order chi connectivity index (χ1) is 15.3. The van der Waals surface area contributed by atoms with E-state index in [2.05, 4.69) is 45.3 Å². The number of halogens is 1. The van der Waals surface area contributed by atoms with Crippen LogP contribution in [0.3, 0.4) is 0 Å². The monoisotopic (exact) mass is 472 g/mol. The normalized spacial score (nSPS) is 38.6. The summed E-state index contributed by atoms with van der Waals surface area (Å²) in [6.07, 6.45) is 2.48. The maximum atomic E-state index is 13.4. The van der Waals surface area contributed by atoms with Crippen LogP contribution in [0.1, 0.15) is 19.3 Å². The molecule has 0 aromatic carbocycles. The number of hydrazine groups is 1. The lowest BCUT2D eigenvalue weighted by atomic mass is 9.87. The first kappa shape index (κ1) is 24.6. The van der Waals surface area contributed by atoms with E-state index in [9.17, 15) is 4.79 Å². The second kappa shape index (κ2) is 10.4. The second-order valence-electron chi connectivity index (χ2n) is 10.1. The number of nitrogens with one attached hydrogen (secondary N) is 4. The Morgan fingerprint density at radius 1 is 1.31 bits per heavy atom. The zero-order valence-corrected chi connectivity index (χ0v) is 20.4. The van der Waals surface area contributed by atoms with Crippen LogP contribution < -0.4 is 27.1 Å². The number of likely N-dealkylation sites (N-methyl/N-ethyl adjacent to an activating group) is 1. The van der Waals surface area contributed by atoms with Gasteiger partial charge in [-0.2, -0.15) is 0 Å². The number of piperidine rings is 2. The van der Waals surface area contributed by atoms with Gasteiger partial charge in [0.1, 0.15) is 0 Å². The summed E-state index contributed by atoms with van der Waals surface area (Å²) in [6, 6.07) is 0.383. The average Bonchev–Trinajstić information content (AvgIpc) is 3.09. The molecule has 32 heavy (non-hydrogen) atoms. The van der Waals surface area contributed by atoms with E-state index < -0.39 is 6.17 Å². The van der Waals surface area contributed by atoms with Crippen molar-refractivity contribution in [1.82, 2.24) is 36.2 Å². The molecule has 0 aromatic heterocycles. The van der Waals surface area contributed by atoms with Gasteiger partial charge in [-0.1, -0.05) is 0 Å². The van der Waals surface area contributed by atoms with Gasteiger partial charge in [-0.05, 0) is 39.9 Å². The molecule has 0 aliphatic carbocycles. The Bertz CT molecular complexity index is 647. The molecule has 0 aromatic rings. The van der Waals surface area contributed by atoms with Gasteiger partial charge in [-0.15, -0.1) is 11.6 Å². The first-order valence-corrected chi connectivity index (χ1v) is 12.4. The smallest absolute Gasteiger partial charge is 0.229 e. The fourth-order valence-corrected chi connectivity index (χ4v) is 6.19. The highest BCUT2D eigenvalue weighted by atomic mass is 35.5. The van der Waals surface area contributed by atoms with Crippen LogP contribution in [0.4, 0.5) is 0 Å². The number of carbonyl (C=O) groups is 1. The molecule has 4 aliphatic rings. The fourth-order valence-electron chi connectivity index (χ4n) is 5.95. The van der Waals surface area contributed by atoms with Crippen LogP contribution >= 0.6 is 11.6 Å². The van der Waals surface area contributed by atoms with Gasteiger partial charge in [0.05, 0.1) is 35.3 Å². The van der Waals surface area contributed by atoms with Crippen molar-refractivity contribution >= 4 is 17.5 Å². The molecule has 6 unspecified atom stereocenters. The number of amides is 1. The van der Waals surface area contributed by atoms with Gasteiger partial charge in [0.25, 0.3) is 0 Å². The van der Waals surface area contributed by atoms with Crippen LogP contribution in [0.2, 0.25) is 0 Å². The molecular formula is C21H41ClN8O2. The third kappa shape index (κ3) is 5.24. The Balaban J connectivity index is 1.37. The summed E-state index contributed by atoms with van der Waals surface area (Å²) in [7, 11) is 6.04. The van der Waals surface area contributed by atoms with Crippen molar-refractivity contribution < 1.29 is 9.53 Å². The maximum absolute atomic E-state index is 13.4. The predicted molar refractivity (Wildman–Crippen MR) is 125 cm³/mol. The summed E-state index contributed by atoms with van der Waals surface area (Å²) in [6.45, 7) is 6.00. The summed E-state index contributed by atoms with van der Waals surface area (Å²) in [5.74, 6) is -0.350. The van der Waals surface area contributed by atoms with Gasteiger partial charge >= 0.3 is 0 Å². The molecule has 4 heterocycles. The van der Waals surface area contributed by atoms with Crippen molar-refractivity contribution in [2.75, 3.05) is 67.0 Å². The number of ether oxygens (including phenoxy) is 1. The molecule has 184 valence electrons. The number of fused-ring (bicyclic) bond motifs is 1. The van der Waals surface area contributed by atoms with E-state index in [4.69, 9.17) is 22.1 Å². The number of methoxy groups -OCH3 is 1. The van der Waals surface area contributed by atoms with Gasteiger partial charge in [0.15, 0.2) is 0 Å². The van der Waals surface area contributed by atoms with Gasteiger partial charge in [-0.25, -0.2) is 10.4 Å². The van der Waals surface area contributed by atoms with Crippen molar-refractivity contribution in [2.24, 2.45) is 11.7 Å². The number of carbonyl (C=O) groups excluding carboxylic acids is 1. The summed E-state index contributed by atoms with van der Waals surface area (Å²) >= 11 is 6.27. The minimum Gasteiger partial charge on any atom is -0.377 e. The van der Waals surface area contributed by atoms with E-state index in [-0.39, 0.29) is 35.0 Å². The molecule has 0 spiro atoms. The maximum Gasteiger partial charge on any atom is 0.229 e. The molecule has 6 N–H and O–H groups in total. The van der Waals surface area contributed by atoms with Gasteiger partial charge < -0.3 is 26.0 Å². The molecule has 1 amide bonds. The average molecular weight is 473 g/mol. The molecule has 0 radical (unpaired) electrons. The minimum atomic E-state index is -0.423. The molecule has 6 atom stereocenters. The number of nitrogens with zero attached hydrogens (tertiary/aromatic N) is 3. The molecule has 4 aliphatic heterocycles. The van der Waals surface area contributed by atoms with Crippen LogP contribution in [0.5, 0.6) is 0 Å². The number of likely N-dealkylation sites (tertiary alicyclic amines) is 1. The third-order valence-electron chi connectivity index (χ3n) is 7.61. The highest BCUT2D eigenvalue weighted by molar-refractivity contribution is 6.21. The van der Waals surface area contributed by atoms with E-state index in [1.165, 1.54) is 0 Å². The molecule has 4 fully saturated rings. The first-order valence-electron chi connectivity index (χ1n) is 11.9. The Hall–Kier alpha value is -0.560. The van der Waals surface area contributed by atoms with Crippen LogP contribution in [0.25, 0.3) is 0 Å². The fraction of sp³-hybridized carbons (Fsp3) is 0.952. The number of nitrogens with two attached hydrogens (primary N) is 1. The quantitative estimate of drug-likeness (QED) is 0.284. The van der Waals surface area contributed by atoms with Crippen LogP contribution in [-0.2, 0) is 9.53 Å². The molecule has 10 nitrogen and oxygen atoms in total. The second-order valence-corrected chi connectivity index (χ2v) is 10.7. The van der Waals surface area contributed by atoms with Crippen molar-refractivity contribution in [3.05, 3.63) is 0 Å². The third-order valence-corrected chi connectivity index (χ3v) is 7.91. The summed E-state index contributed by atoms with van der Waals surface area (Å²) in [4.78, 5) is 18.1. The van der Waals surface area contributed by atoms with Crippen molar-refractivity contribution in [1.29, 1.82) is 0 Å². The topological polar surface area (TPSA) is 110 Å². The Kier molecular flexibility index (Phi) is 7.96. The zero-order chi connectivity index (χ0) is 22.9. The van der Waals surface area contributed by atoms with E-state index >= 15 is 0 Å².